The minimum absolute atomic E-state index is 0.0485. The first-order valence-corrected chi connectivity index (χ1v) is 11.6. The van der Waals surface area contributed by atoms with E-state index in [1.165, 1.54) is 23.9 Å². The summed E-state index contributed by atoms with van der Waals surface area (Å²) in [6.07, 6.45) is 1.57. The van der Waals surface area contributed by atoms with Gasteiger partial charge in [0.1, 0.15) is 12.4 Å². The van der Waals surface area contributed by atoms with Gasteiger partial charge in [-0.25, -0.2) is 5.43 Å². The van der Waals surface area contributed by atoms with E-state index in [0.29, 0.717) is 18.1 Å². The van der Waals surface area contributed by atoms with Gasteiger partial charge < -0.3 is 4.74 Å². The Morgan fingerprint density at radius 3 is 2.50 bits per heavy atom. The number of nitro benzene ring substituents is 1. The van der Waals surface area contributed by atoms with Crippen LogP contribution in [0.5, 0.6) is 5.75 Å². The van der Waals surface area contributed by atoms with Crippen LogP contribution >= 0.6 is 27.7 Å². The van der Waals surface area contributed by atoms with Crippen molar-refractivity contribution in [3.8, 4) is 5.75 Å². The summed E-state index contributed by atoms with van der Waals surface area (Å²) in [5.74, 6) is 1.54. The van der Waals surface area contributed by atoms with Crippen LogP contribution in [-0.4, -0.2) is 22.8 Å². The van der Waals surface area contributed by atoms with Crippen molar-refractivity contribution in [3.63, 3.8) is 0 Å². The smallest absolute Gasteiger partial charge is 0.269 e. The Kier molecular flexibility index (Phi) is 8.82. The molecule has 7 nitrogen and oxygen atoms in total. The molecular formula is C23H20BrN3O4S. The van der Waals surface area contributed by atoms with Gasteiger partial charge in [0.15, 0.2) is 0 Å². The maximum Gasteiger partial charge on any atom is 0.269 e. The van der Waals surface area contributed by atoms with Crippen LogP contribution in [0.15, 0.2) is 82.4 Å². The lowest BCUT2D eigenvalue weighted by atomic mass is 10.2. The summed E-state index contributed by atoms with van der Waals surface area (Å²) < 4.78 is 6.72. The maximum atomic E-state index is 11.9. The summed E-state index contributed by atoms with van der Waals surface area (Å²) in [6.45, 7) is 0.304. The van der Waals surface area contributed by atoms with E-state index in [1.807, 2.05) is 36.4 Å². The number of halogens is 1. The first-order valence-electron chi connectivity index (χ1n) is 9.60. The zero-order chi connectivity index (χ0) is 22.8. The monoisotopic (exact) mass is 513 g/mol. The number of thioether (sulfide) groups is 1. The molecule has 32 heavy (non-hydrogen) atoms. The molecule has 0 aliphatic carbocycles. The van der Waals surface area contributed by atoms with Crippen LogP contribution in [0.1, 0.15) is 16.7 Å². The van der Waals surface area contributed by atoms with Crippen LogP contribution < -0.4 is 10.2 Å². The number of hydrogen-bond acceptors (Lipinski definition) is 6. The van der Waals surface area contributed by atoms with E-state index in [9.17, 15) is 14.9 Å². The molecule has 1 amide bonds. The molecule has 0 atom stereocenters. The lowest BCUT2D eigenvalue weighted by Crippen LogP contribution is -2.19. The molecule has 1 N–H and O–H groups in total. The summed E-state index contributed by atoms with van der Waals surface area (Å²) in [6, 6.07) is 21.4. The third-order valence-electron chi connectivity index (χ3n) is 4.28. The molecule has 3 aromatic rings. The highest BCUT2D eigenvalue weighted by Crippen LogP contribution is 2.21. The van der Waals surface area contributed by atoms with Gasteiger partial charge in [0.05, 0.1) is 16.9 Å². The molecule has 0 saturated carbocycles. The van der Waals surface area contributed by atoms with Crippen molar-refractivity contribution in [2.75, 3.05) is 5.75 Å². The zero-order valence-corrected chi connectivity index (χ0v) is 19.3. The average molecular weight is 514 g/mol. The molecule has 0 unspecified atom stereocenters. The molecule has 0 aromatic heterocycles. The van der Waals surface area contributed by atoms with Crippen molar-refractivity contribution >= 4 is 45.5 Å². The second kappa shape index (κ2) is 12.0. The summed E-state index contributed by atoms with van der Waals surface area (Å²) in [7, 11) is 0. The molecular weight excluding hydrogens is 494 g/mol. The molecule has 0 bridgehead atoms. The summed E-state index contributed by atoms with van der Waals surface area (Å²) in [5.41, 5.74) is 5.36. The highest BCUT2D eigenvalue weighted by molar-refractivity contribution is 9.10. The second-order valence-electron chi connectivity index (χ2n) is 6.66. The van der Waals surface area contributed by atoms with E-state index in [1.54, 1.807) is 30.5 Å². The predicted molar refractivity (Wildman–Crippen MR) is 130 cm³/mol. The fourth-order valence-electron chi connectivity index (χ4n) is 2.61. The van der Waals surface area contributed by atoms with Crippen LogP contribution in [0.4, 0.5) is 5.69 Å². The molecule has 0 aliphatic rings. The van der Waals surface area contributed by atoms with Crippen molar-refractivity contribution in [2.24, 2.45) is 5.10 Å². The number of nitro groups is 1. The molecule has 0 radical (unpaired) electrons. The first kappa shape index (κ1) is 23.5. The molecule has 3 aromatic carbocycles. The van der Waals surface area contributed by atoms with Crippen LogP contribution in [-0.2, 0) is 17.2 Å². The number of nitrogens with one attached hydrogen (secondary N) is 1. The Balaban J connectivity index is 1.39. The largest absolute Gasteiger partial charge is 0.489 e. The molecule has 0 aliphatic heterocycles. The summed E-state index contributed by atoms with van der Waals surface area (Å²) >= 11 is 5.01. The number of nitrogens with zero attached hydrogens (tertiary/aromatic N) is 2. The number of carbonyl (C=O) groups is 1. The Morgan fingerprint density at radius 1 is 1.09 bits per heavy atom. The van der Waals surface area contributed by atoms with E-state index < -0.39 is 4.92 Å². The topological polar surface area (TPSA) is 93.8 Å². The van der Waals surface area contributed by atoms with Gasteiger partial charge in [-0.1, -0.05) is 34.1 Å². The van der Waals surface area contributed by atoms with E-state index in [0.717, 1.165) is 26.9 Å². The standard InChI is InChI=1S/C23H20BrN3O4S/c24-22-4-2-1-3-19(22)15-32-16-23(28)26-25-13-17-7-11-21(12-8-17)31-14-18-5-9-20(10-6-18)27(29)30/h1-13H,14-16H2,(H,26,28)/b25-13-. The second-order valence-corrected chi connectivity index (χ2v) is 8.50. The minimum atomic E-state index is -0.434. The SMILES string of the molecule is O=C(CSCc1ccccc1Br)N/N=C\c1ccc(OCc2ccc([N+](=O)[O-])cc2)cc1. The van der Waals surface area contributed by atoms with Gasteiger partial charge in [-0.3, -0.25) is 14.9 Å². The molecule has 9 heteroatoms. The average Bonchev–Trinajstić information content (AvgIpc) is 2.80. The van der Waals surface area contributed by atoms with Crippen LogP contribution in [0.3, 0.4) is 0 Å². The van der Waals surface area contributed by atoms with E-state index in [4.69, 9.17) is 4.74 Å². The van der Waals surface area contributed by atoms with Gasteiger partial charge in [0.25, 0.3) is 5.69 Å². The van der Waals surface area contributed by atoms with Gasteiger partial charge in [0.2, 0.25) is 5.91 Å². The van der Waals surface area contributed by atoms with E-state index in [-0.39, 0.29) is 11.6 Å². The molecule has 164 valence electrons. The highest BCUT2D eigenvalue weighted by atomic mass is 79.9. The maximum absolute atomic E-state index is 11.9. The number of hydrogen-bond donors (Lipinski definition) is 1. The van der Waals surface area contributed by atoms with Crippen molar-refractivity contribution in [1.82, 2.24) is 5.43 Å². The molecule has 0 spiro atoms. The van der Waals surface area contributed by atoms with Crippen LogP contribution in [0.25, 0.3) is 0 Å². The Labute approximate surface area is 198 Å². The van der Waals surface area contributed by atoms with Crippen LogP contribution in [0.2, 0.25) is 0 Å². The highest BCUT2D eigenvalue weighted by Gasteiger charge is 2.05. The van der Waals surface area contributed by atoms with Crippen LogP contribution in [0, 0.1) is 10.1 Å². The van der Waals surface area contributed by atoms with Gasteiger partial charge in [-0.2, -0.15) is 5.10 Å². The number of rotatable bonds is 10. The first-order chi connectivity index (χ1) is 15.5. The van der Waals surface area contributed by atoms with Crippen molar-refractivity contribution in [1.29, 1.82) is 0 Å². The molecule has 0 fully saturated rings. The van der Waals surface area contributed by atoms with E-state index in [2.05, 4.69) is 26.5 Å². The Bertz CT molecular complexity index is 1090. The normalized spacial score (nSPS) is 10.8. The van der Waals surface area contributed by atoms with Crippen molar-refractivity contribution in [2.45, 2.75) is 12.4 Å². The minimum Gasteiger partial charge on any atom is -0.489 e. The van der Waals surface area contributed by atoms with Crippen molar-refractivity contribution < 1.29 is 14.5 Å². The summed E-state index contributed by atoms with van der Waals surface area (Å²) in [5, 5.41) is 14.7. The zero-order valence-electron chi connectivity index (χ0n) is 16.9. The van der Waals surface area contributed by atoms with Gasteiger partial charge in [0, 0.05) is 22.4 Å². The number of benzene rings is 3. The Morgan fingerprint density at radius 2 is 1.81 bits per heavy atom. The molecule has 0 heterocycles. The van der Waals surface area contributed by atoms with Crippen molar-refractivity contribution in [3.05, 3.63) is 104 Å². The quantitative estimate of drug-likeness (QED) is 0.225. The Hall–Kier alpha value is -3.17. The number of carbonyl (C=O) groups excluding carboxylic acids is 1. The number of non-ortho nitro benzene ring substituents is 1. The van der Waals surface area contributed by atoms with E-state index >= 15 is 0 Å². The lowest BCUT2D eigenvalue weighted by Gasteiger charge is -2.06. The third-order valence-corrected chi connectivity index (χ3v) is 6.04. The predicted octanol–water partition coefficient (Wildman–Crippen LogP) is 5.32. The fourth-order valence-corrected chi connectivity index (χ4v) is 4.05. The number of ether oxygens (including phenoxy) is 1. The molecule has 0 saturated heterocycles. The number of hydrazone groups is 1. The van der Waals surface area contributed by atoms with Gasteiger partial charge in [-0.05, 0) is 59.2 Å². The van der Waals surface area contributed by atoms with Gasteiger partial charge in [-0.15, -0.1) is 11.8 Å². The summed E-state index contributed by atoms with van der Waals surface area (Å²) in [4.78, 5) is 22.2. The lowest BCUT2D eigenvalue weighted by molar-refractivity contribution is -0.384. The van der Waals surface area contributed by atoms with Gasteiger partial charge >= 0.3 is 0 Å². The third kappa shape index (κ3) is 7.51. The fraction of sp³-hybridized carbons (Fsp3) is 0.130. The molecule has 3 rings (SSSR count). The number of amides is 1.